The molecule has 8 heteroatoms. The summed E-state index contributed by atoms with van der Waals surface area (Å²) in [6.45, 7) is 4.06. The summed E-state index contributed by atoms with van der Waals surface area (Å²) in [5.74, 6) is -0.277. The second kappa shape index (κ2) is 8.30. The van der Waals surface area contributed by atoms with Gasteiger partial charge in [-0.1, -0.05) is 0 Å². The maximum absolute atomic E-state index is 12.4. The fraction of sp³-hybridized carbons (Fsp3) is 0.350. The summed E-state index contributed by atoms with van der Waals surface area (Å²) in [6.07, 6.45) is 0. The van der Waals surface area contributed by atoms with Gasteiger partial charge in [0.2, 0.25) is 10.0 Å². The first-order valence-electron chi connectivity index (χ1n) is 9.15. The molecule has 150 valence electrons. The highest BCUT2D eigenvalue weighted by atomic mass is 32.2. The highest BCUT2D eigenvalue weighted by Crippen LogP contribution is 2.20. The number of hydrogen-bond donors (Lipinski definition) is 1. The molecule has 0 unspecified atom stereocenters. The van der Waals surface area contributed by atoms with E-state index in [2.05, 4.69) is 22.2 Å². The number of nitrogens with one attached hydrogen (secondary N) is 1. The largest absolute Gasteiger partial charge is 0.369 e. The van der Waals surface area contributed by atoms with Crippen molar-refractivity contribution in [2.45, 2.75) is 4.90 Å². The number of rotatable bonds is 5. The van der Waals surface area contributed by atoms with Gasteiger partial charge in [0.1, 0.15) is 0 Å². The number of benzene rings is 2. The van der Waals surface area contributed by atoms with Gasteiger partial charge in [0.05, 0.1) is 4.90 Å². The molecule has 7 nitrogen and oxygen atoms in total. The van der Waals surface area contributed by atoms with Gasteiger partial charge in [-0.15, -0.1) is 0 Å². The lowest BCUT2D eigenvalue weighted by Gasteiger charge is -2.34. The van der Waals surface area contributed by atoms with Crippen LogP contribution in [0, 0.1) is 0 Å². The normalized spacial score (nSPS) is 15.6. The molecule has 2 aromatic rings. The first-order chi connectivity index (χ1) is 13.3. The summed E-state index contributed by atoms with van der Waals surface area (Å²) >= 11 is 0. The van der Waals surface area contributed by atoms with Gasteiger partial charge in [0, 0.05) is 57.2 Å². The summed E-state index contributed by atoms with van der Waals surface area (Å²) in [5.41, 5.74) is 2.25. The van der Waals surface area contributed by atoms with E-state index in [0.717, 1.165) is 36.2 Å². The summed E-state index contributed by atoms with van der Waals surface area (Å²) in [7, 11) is 1.57. The fourth-order valence-corrected chi connectivity index (χ4v) is 3.91. The van der Waals surface area contributed by atoms with Gasteiger partial charge in [0.25, 0.3) is 5.91 Å². The van der Waals surface area contributed by atoms with Crippen molar-refractivity contribution in [2.75, 3.05) is 57.5 Å². The molecular weight excluding hydrogens is 376 g/mol. The molecule has 1 aliphatic heterocycles. The van der Waals surface area contributed by atoms with Gasteiger partial charge in [-0.3, -0.25) is 4.79 Å². The molecule has 1 aliphatic rings. The third-order valence-electron chi connectivity index (χ3n) is 4.89. The molecule has 0 atom stereocenters. The van der Waals surface area contributed by atoms with Crippen LogP contribution in [0.5, 0.6) is 0 Å². The third-order valence-corrected chi connectivity index (χ3v) is 6.72. The minimum Gasteiger partial charge on any atom is -0.369 e. The number of hydrogen-bond acceptors (Lipinski definition) is 5. The van der Waals surface area contributed by atoms with E-state index in [4.69, 9.17) is 0 Å². The Morgan fingerprint density at radius 3 is 2.04 bits per heavy atom. The minimum absolute atomic E-state index is 0.158. The van der Waals surface area contributed by atoms with Gasteiger partial charge < -0.3 is 15.1 Å². The topological polar surface area (TPSA) is 73.0 Å². The second-order valence-corrected chi connectivity index (χ2v) is 9.25. The van der Waals surface area contributed by atoms with E-state index in [9.17, 15) is 13.2 Å². The Morgan fingerprint density at radius 2 is 1.50 bits per heavy atom. The summed E-state index contributed by atoms with van der Waals surface area (Å²) < 4.78 is 25.3. The van der Waals surface area contributed by atoms with Gasteiger partial charge in [-0.25, -0.2) is 12.7 Å². The van der Waals surface area contributed by atoms with E-state index >= 15 is 0 Å². The van der Waals surface area contributed by atoms with Crippen molar-refractivity contribution in [3.8, 4) is 0 Å². The van der Waals surface area contributed by atoms with Crippen molar-refractivity contribution in [2.24, 2.45) is 0 Å². The SMILES string of the molecule is CN1CCN(c2ccc(NC(=O)c3ccc(S(=O)(=O)N(C)C)cc3)cc2)CC1. The van der Waals surface area contributed by atoms with Crippen LogP contribution in [0.1, 0.15) is 10.4 Å². The van der Waals surface area contributed by atoms with Crippen molar-refractivity contribution in [1.29, 1.82) is 0 Å². The summed E-state index contributed by atoms with van der Waals surface area (Å²) in [4.78, 5) is 17.2. The molecule has 0 radical (unpaired) electrons. The molecule has 0 spiro atoms. The van der Waals surface area contributed by atoms with Crippen molar-refractivity contribution >= 4 is 27.3 Å². The van der Waals surface area contributed by atoms with Crippen LogP contribution in [-0.2, 0) is 10.0 Å². The Morgan fingerprint density at radius 1 is 0.929 bits per heavy atom. The van der Waals surface area contributed by atoms with Gasteiger partial charge in [-0.2, -0.15) is 0 Å². The number of amides is 1. The smallest absolute Gasteiger partial charge is 0.255 e. The maximum Gasteiger partial charge on any atom is 0.255 e. The third kappa shape index (κ3) is 4.52. The Labute approximate surface area is 166 Å². The number of piperazine rings is 1. The highest BCUT2D eigenvalue weighted by Gasteiger charge is 2.18. The van der Waals surface area contributed by atoms with E-state index in [1.807, 2.05) is 24.3 Å². The number of carbonyl (C=O) groups is 1. The van der Waals surface area contributed by atoms with E-state index in [-0.39, 0.29) is 10.8 Å². The monoisotopic (exact) mass is 402 g/mol. The molecule has 28 heavy (non-hydrogen) atoms. The van der Waals surface area contributed by atoms with E-state index in [0.29, 0.717) is 11.3 Å². The zero-order valence-corrected chi connectivity index (χ0v) is 17.2. The Hall–Kier alpha value is -2.42. The molecule has 1 fully saturated rings. The lowest BCUT2D eigenvalue weighted by Crippen LogP contribution is -2.44. The molecule has 2 aromatic carbocycles. The average Bonchev–Trinajstić information content (AvgIpc) is 2.69. The molecule has 0 aliphatic carbocycles. The second-order valence-electron chi connectivity index (χ2n) is 7.10. The van der Waals surface area contributed by atoms with Crippen LogP contribution in [0.3, 0.4) is 0 Å². The van der Waals surface area contributed by atoms with E-state index in [1.54, 1.807) is 0 Å². The molecule has 1 amide bonds. The number of carbonyl (C=O) groups excluding carboxylic acids is 1. The van der Waals surface area contributed by atoms with Crippen LogP contribution in [0.15, 0.2) is 53.4 Å². The van der Waals surface area contributed by atoms with Crippen LogP contribution < -0.4 is 10.2 Å². The molecule has 1 N–H and O–H groups in total. The van der Waals surface area contributed by atoms with Crippen molar-refractivity contribution in [3.63, 3.8) is 0 Å². The van der Waals surface area contributed by atoms with Gasteiger partial charge >= 0.3 is 0 Å². The number of nitrogens with zero attached hydrogens (tertiary/aromatic N) is 3. The van der Waals surface area contributed by atoms with Crippen molar-refractivity contribution < 1.29 is 13.2 Å². The van der Waals surface area contributed by atoms with Crippen molar-refractivity contribution in [3.05, 3.63) is 54.1 Å². The van der Waals surface area contributed by atoms with Crippen LogP contribution >= 0.6 is 0 Å². The average molecular weight is 403 g/mol. The number of sulfonamides is 1. The fourth-order valence-electron chi connectivity index (χ4n) is 3.01. The van der Waals surface area contributed by atoms with E-state index < -0.39 is 10.0 Å². The molecule has 0 bridgehead atoms. The Bertz CT molecular complexity index is 917. The summed E-state index contributed by atoms with van der Waals surface area (Å²) in [5, 5.41) is 2.85. The zero-order chi connectivity index (χ0) is 20.3. The number of anilines is 2. The molecule has 0 saturated carbocycles. The Balaban J connectivity index is 1.64. The quantitative estimate of drug-likeness (QED) is 0.828. The summed E-state index contributed by atoms with van der Waals surface area (Å²) in [6, 6.07) is 13.7. The van der Waals surface area contributed by atoms with Gasteiger partial charge in [0.15, 0.2) is 0 Å². The predicted molar refractivity (Wildman–Crippen MR) is 111 cm³/mol. The van der Waals surface area contributed by atoms with Gasteiger partial charge in [-0.05, 0) is 55.6 Å². The lowest BCUT2D eigenvalue weighted by molar-refractivity contribution is 0.102. The van der Waals surface area contributed by atoms with Crippen LogP contribution in [0.4, 0.5) is 11.4 Å². The van der Waals surface area contributed by atoms with E-state index in [1.165, 1.54) is 38.4 Å². The predicted octanol–water partition coefficient (Wildman–Crippen LogP) is 1.94. The van der Waals surface area contributed by atoms with Crippen LogP contribution in [-0.4, -0.2) is 70.9 Å². The standard InChI is InChI=1S/C20H26N4O3S/c1-22(2)28(26,27)19-10-4-16(5-11-19)20(25)21-17-6-8-18(9-7-17)24-14-12-23(3)13-15-24/h4-11H,12-15H2,1-3H3,(H,21,25). The molecule has 3 rings (SSSR count). The zero-order valence-electron chi connectivity index (χ0n) is 16.4. The minimum atomic E-state index is -3.50. The molecule has 1 heterocycles. The Kier molecular flexibility index (Phi) is 6.02. The lowest BCUT2D eigenvalue weighted by atomic mass is 10.2. The highest BCUT2D eigenvalue weighted by molar-refractivity contribution is 7.89. The molecular formula is C20H26N4O3S. The molecule has 1 saturated heterocycles. The first kappa shape index (κ1) is 20.3. The van der Waals surface area contributed by atoms with Crippen LogP contribution in [0.2, 0.25) is 0 Å². The van der Waals surface area contributed by atoms with Crippen molar-refractivity contribution in [1.82, 2.24) is 9.21 Å². The molecule has 0 aromatic heterocycles. The van der Waals surface area contributed by atoms with Crippen LogP contribution in [0.25, 0.3) is 0 Å². The maximum atomic E-state index is 12.4. The number of likely N-dealkylation sites (N-methyl/N-ethyl adjacent to an activating group) is 1. The first-order valence-corrected chi connectivity index (χ1v) is 10.6.